The first-order chi connectivity index (χ1) is 8.49. The topological polar surface area (TPSA) is 85.2 Å². The summed E-state index contributed by atoms with van der Waals surface area (Å²) in [6.07, 6.45) is 1.03. The van der Waals surface area contributed by atoms with Gasteiger partial charge in [-0.05, 0) is 38.3 Å². The van der Waals surface area contributed by atoms with E-state index in [1.165, 1.54) is 0 Å². The number of hydrogen-bond donors (Lipinski definition) is 2. The number of nitrogens with zero attached hydrogens (tertiary/aromatic N) is 2. The molecule has 1 aliphatic rings. The zero-order valence-electron chi connectivity index (χ0n) is 10.9. The van der Waals surface area contributed by atoms with Crippen LogP contribution in [0.25, 0.3) is 0 Å². The van der Waals surface area contributed by atoms with Crippen molar-refractivity contribution in [3.05, 3.63) is 23.4 Å². The van der Waals surface area contributed by atoms with E-state index in [0.29, 0.717) is 17.3 Å². The van der Waals surface area contributed by atoms with Crippen molar-refractivity contribution in [3.63, 3.8) is 0 Å². The quantitative estimate of drug-likeness (QED) is 0.823. The molecule has 1 aliphatic heterocycles. The van der Waals surface area contributed by atoms with Crippen LogP contribution in [0.3, 0.4) is 0 Å². The predicted octanol–water partition coefficient (Wildman–Crippen LogP) is 0.662. The Kier molecular flexibility index (Phi) is 3.52. The number of primary amides is 1. The molecule has 4 N–H and O–H groups in total. The minimum Gasteiger partial charge on any atom is -0.365 e. The van der Waals surface area contributed by atoms with Crippen LogP contribution in [-0.4, -0.2) is 30.0 Å². The van der Waals surface area contributed by atoms with Crippen molar-refractivity contribution in [2.75, 3.05) is 18.0 Å². The molecule has 1 aromatic rings. The fourth-order valence-electron chi connectivity index (χ4n) is 2.39. The summed E-state index contributed by atoms with van der Waals surface area (Å²) in [7, 11) is 0. The number of nitrogens with two attached hydrogens (primary N) is 2. The Bertz CT molecular complexity index is 458. The molecule has 2 rings (SSSR count). The molecule has 18 heavy (non-hydrogen) atoms. The van der Waals surface area contributed by atoms with E-state index in [9.17, 15) is 4.79 Å². The van der Waals surface area contributed by atoms with Gasteiger partial charge in [0.05, 0.1) is 5.56 Å². The van der Waals surface area contributed by atoms with Gasteiger partial charge >= 0.3 is 0 Å². The molecule has 0 saturated carbocycles. The Labute approximate surface area is 107 Å². The summed E-state index contributed by atoms with van der Waals surface area (Å²) in [4.78, 5) is 18.0. The molecular weight excluding hydrogens is 228 g/mol. The fraction of sp³-hybridized carbons (Fsp3) is 0.538. The minimum absolute atomic E-state index is 0.164. The zero-order chi connectivity index (χ0) is 13.3. The summed E-state index contributed by atoms with van der Waals surface area (Å²) >= 11 is 0. The second-order valence-corrected chi connectivity index (χ2v) is 5.04. The van der Waals surface area contributed by atoms with Crippen LogP contribution in [0, 0.1) is 12.8 Å². The average molecular weight is 248 g/mol. The second kappa shape index (κ2) is 4.94. The number of rotatable bonds is 3. The van der Waals surface area contributed by atoms with Gasteiger partial charge in [0.25, 0.3) is 5.91 Å². The van der Waals surface area contributed by atoms with Crippen LogP contribution in [0.2, 0.25) is 0 Å². The summed E-state index contributed by atoms with van der Waals surface area (Å²) in [5.41, 5.74) is 12.7. The number of carbonyl (C=O) groups excluding carboxylic acids is 1. The van der Waals surface area contributed by atoms with E-state index in [0.717, 1.165) is 25.2 Å². The Morgan fingerprint density at radius 2 is 2.28 bits per heavy atom. The molecule has 1 aromatic heterocycles. The Morgan fingerprint density at radius 3 is 2.83 bits per heavy atom. The molecule has 0 aliphatic carbocycles. The SMILES string of the molecule is Cc1ccc(C(N)=O)c(N2CCC(C(C)N)C2)n1. The van der Waals surface area contributed by atoms with Gasteiger partial charge in [-0.1, -0.05) is 0 Å². The Balaban J connectivity index is 2.28. The Morgan fingerprint density at radius 1 is 1.56 bits per heavy atom. The van der Waals surface area contributed by atoms with Crippen molar-refractivity contribution in [3.8, 4) is 0 Å². The summed E-state index contributed by atoms with van der Waals surface area (Å²) in [6.45, 7) is 5.65. The standard InChI is InChI=1S/C13H20N4O/c1-8-3-4-11(12(15)18)13(16-8)17-6-5-10(7-17)9(2)14/h3-4,9-10H,5-7,14H2,1-2H3,(H2,15,18). The molecular formula is C13H20N4O. The highest BCUT2D eigenvalue weighted by Gasteiger charge is 2.28. The van der Waals surface area contributed by atoms with Gasteiger partial charge in [-0.15, -0.1) is 0 Å². The summed E-state index contributed by atoms with van der Waals surface area (Å²) in [5.74, 6) is 0.723. The Hall–Kier alpha value is -1.62. The smallest absolute Gasteiger partial charge is 0.252 e. The van der Waals surface area contributed by atoms with Crippen LogP contribution in [-0.2, 0) is 0 Å². The molecule has 0 spiro atoms. The molecule has 1 saturated heterocycles. The van der Waals surface area contributed by atoms with Crippen molar-refractivity contribution in [2.45, 2.75) is 26.3 Å². The predicted molar refractivity (Wildman–Crippen MR) is 71.5 cm³/mol. The van der Waals surface area contributed by atoms with Gasteiger partial charge < -0.3 is 16.4 Å². The van der Waals surface area contributed by atoms with Crippen LogP contribution in [0.4, 0.5) is 5.82 Å². The third-order valence-corrected chi connectivity index (χ3v) is 3.55. The number of anilines is 1. The first-order valence-corrected chi connectivity index (χ1v) is 6.27. The lowest BCUT2D eigenvalue weighted by Gasteiger charge is -2.21. The second-order valence-electron chi connectivity index (χ2n) is 5.04. The molecule has 1 amide bonds. The monoisotopic (exact) mass is 248 g/mol. The van der Waals surface area contributed by atoms with Gasteiger partial charge in [-0.3, -0.25) is 4.79 Å². The number of carbonyl (C=O) groups is 1. The zero-order valence-corrected chi connectivity index (χ0v) is 10.9. The maximum atomic E-state index is 11.4. The van der Waals surface area contributed by atoms with Crippen LogP contribution >= 0.6 is 0 Å². The van der Waals surface area contributed by atoms with E-state index < -0.39 is 5.91 Å². The minimum atomic E-state index is -0.429. The number of aryl methyl sites for hydroxylation is 1. The number of amides is 1. The maximum absolute atomic E-state index is 11.4. The fourth-order valence-corrected chi connectivity index (χ4v) is 2.39. The van der Waals surface area contributed by atoms with Crippen molar-refractivity contribution < 1.29 is 4.79 Å². The molecule has 5 nitrogen and oxygen atoms in total. The van der Waals surface area contributed by atoms with Crippen LogP contribution in [0.5, 0.6) is 0 Å². The number of hydrogen-bond acceptors (Lipinski definition) is 4. The third kappa shape index (κ3) is 2.46. The molecule has 0 bridgehead atoms. The van der Waals surface area contributed by atoms with Crippen molar-refractivity contribution in [2.24, 2.45) is 17.4 Å². The van der Waals surface area contributed by atoms with Gasteiger partial charge in [0.15, 0.2) is 0 Å². The lowest BCUT2D eigenvalue weighted by Crippen LogP contribution is -2.31. The number of aromatic nitrogens is 1. The van der Waals surface area contributed by atoms with E-state index in [1.807, 2.05) is 19.9 Å². The van der Waals surface area contributed by atoms with E-state index in [1.54, 1.807) is 6.07 Å². The molecule has 0 aromatic carbocycles. The van der Waals surface area contributed by atoms with Crippen LogP contribution in [0.15, 0.2) is 12.1 Å². The van der Waals surface area contributed by atoms with E-state index in [-0.39, 0.29) is 6.04 Å². The van der Waals surface area contributed by atoms with Gasteiger partial charge in [0.1, 0.15) is 5.82 Å². The maximum Gasteiger partial charge on any atom is 0.252 e. The third-order valence-electron chi connectivity index (χ3n) is 3.55. The van der Waals surface area contributed by atoms with Gasteiger partial charge in [-0.2, -0.15) is 0 Å². The largest absolute Gasteiger partial charge is 0.365 e. The van der Waals surface area contributed by atoms with Gasteiger partial charge in [0, 0.05) is 24.8 Å². The lowest BCUT2D eigenvalue weighted by atomic mass is 10.0. The highest BCUT2D eigenvalue weighted by molar-refractivity contribution is 5.97. The van der Waals surface area contributed by atoms with Crippen LogP contribution < -0.4 is 16.4 Å². The molecule has 98 valence electrons. The van der Waals surface area contributed by atoms with Crippen molar-refractivity contribution >= 4 is 11.7 Å². The van der Waals surface area contributed by atoms with E-state index in [2.05, 4.69) is 9.88 Å². The summed E-state index contributed by atoms with van der Waals surface area (Å²) < 4.78 is 0. The molecule has 5 heteroatoms. The molecule has 0 radical (unpaired) electrons. The van der Waals surface area contributed by atoms with E-state index in [4.69, 9.17) is 11.5 Å². The van der Waals surface area contributed by atoms with Crippen LogP contribution in [0.1, 0.15) is 29.4 Å². The number of pyridine rings is 1. The average Bonchev–Trinajstić information content (AvgIpc) is 2.77. The summed E-state index contributed by atoms with van der Waals surface area (Å²) in [5, 5.41) is 0. The first kappa shape index (κ1) is 12.8. The highest BCUT2D eigenvalue weighted by atomic mass is 16.1. The molecule has 2 unspecified atom stereocenters. The summed E-state index contributed by atoms with van der Waals surface area (Å²) in [6, 6.07) is 3.72. The molecule has 1 fully saturated rings. The van der Waals surface area contributed by atoms with Crippen molar-refractivity contribution in [1.29, 1.82) is 0 Å². The molecule has 2 atom stereocenters. The van der Waals surface area contributed by atoms with Gasteiger partial charge in [-0.25, -0.2) is 4.98 Å². The van der Waals surface area contributed by atoms with Crippen molar-refractivity contribution in [1.82, 2.24) is 4.98 Å². The molecule has 2 heterocycles. The normalized spacial score (nSPS) is 21.1. The van der Waals surface area contributed by atoms with Gasteiger partial charge in [0.2, 0.25) is 0 Å². The first-order valence-electron chi connectivity index (χ1n) is 6.27. The van der Waals surface area contributed by atoms with E-state index >= 15 is 0 Å². The lowest BCUT2D eigenvalue weighted by molar-refractivity contribution is 0.100. The highest BCUT2D eigenvalue weighted by Crippen LogP contribution is 2.26.